The number of nitrogens with zero attached hydrogens (tertiary/aromatic N) is 5. The van der Waals surface area contributed by atoms with E-state index in [1.54, 1.807) is 42.7 Å². The van der Waals surface area contributed by atoms with Crippen LogP contribution in [-0.2, 0) is 4.79 Å². The molecule has 0 bridgehead atoms. The fourth-order valence-corrected chi connectivity index (χ4v) is 4.42. The number of imide groups is 1. The van der Waals surface area contributed by atoms with Crippen molar-refractivity contribution in [3.63, 3.8) is 0 Å². The lowest BCUT2D eigenvalue weighted by Gasteiger charge is -2.32. The molecule has 0 aliphatic carbocycles. The van der Waals surface area contributed by atoms with E-state index in [0.29, 0.717) is 28.0 Å². The van der Waals surface area contributed by atoms with Crippen molar-refractivity contribution in [3.05, 3.63) is 65.1 Å². The van der Waals surface area contributed by atoms with Crippen molar-refractivity contribution in [2.45, 2.75) is 25.9 Å². The second-order valence-electron chi connectivity index (χ2n) is 7.99. The van der Waals surface area contributed by atoms with Gasteiger partial charge in [0.25, 0.3) is 11.1 Å². The van der Waals surface area contributed by atoms with Crippen LogP contribution in [0.3, 0.4) is 0 Å². The number of nitrogens with one attached hydrogen (secondary N) is 1. The minimum absolute atomic E-state index is 0.0290. The summed E-state index contributed by atoms with van der Waals surface area (Å²) < 4.78 is 12.1. The zero-order chi connectivity index (χ0) is 24.2. The number of piperidine rings is 1. The number of aromatic nitrogens is 4. The summed E-state index contributed by atoms with van der Waals surface area (Å²) in [6.45, 7) is 3.47. The highest BCUT2D eigenvalue weighted by Crippen LogP contribution is 2.30. The molecule has 2 fully saturated rings. The predicted octanol–water partition coefficient (Wildman–Crippen LogP) is 3.74. The number of hydrogen-bond acceptors (Lipinski definition) is 10. The number of carbonyl (C=O) groups is 2. The maximum Gasteiger partial charge on any atom is 0.290 e. The molecule has 178 valence electrons. The van der Waals surface area contributed by atoms with Gasteiger partial charge in [-0.3, -0.25) is 14.9 Å². The summed E-state index contributed by atoms with van der Waals surface area (Å²) in [6, 6.07) is 8.96. The van der Waals surface area contributed by atoms with Gasteiger partial charge in [-0.05, 0) is 48.5 Å². The summed E-state index contributed by atoms with van der Waals surface area (Å²) >= 11 is 0.882. The number of anilines is 1. The molecule has 2 aromatic heterocycles. The molecule has 2 aliphatic heterocycles. The van der Waals surface area contributed by atoms with Gasteiger partial charge in [0.1, 0.15) is 18.2 Å². The molecule has 0 atom stereocenters. The topological polar surface area (TPSA) is 119 Å². The van der Waals surface area contributed by atoms with E-state index in [9.17, 15) is 9.59 Å². The summed E-state index contributed by atoms with van der Waals surface area (Å²) in [5.74, 6) is 1.84. The Morgan fingerprint density at radius 2 is 1.74 bits per heavy atom. The highest BCUT2D eigenvalue weighted by atomic mass is 32.2. The normalized spacial score (nSPS) is 17.5. The highest BCUT2D eigenvalue weighted by Gasteiger charge is 2.25. The minimum Gasteiger partial charge on any atom is -0.474 e. The molecular weight excluding hydrogens is 468 g/mol. The largest absolute Gasteiger partial charge is 0.474 e. The maximum absolute atomic E-state index is 11.7. The Morgan fingerprint density at radius 1 is 1.03 bits per heavy atom. The van der Waals surface area contributed by atoms with Gasteiger partial charge in [-0.1, -0.05) is 12.1 Å². The van der Waals surface area contributed by atoms with E-state index in [2.05, 4.69) is 30.2 Å². The summed E-state index contributed by atoms with van der Waals surface area (Å²) in [4.78, 5) is 42.7. The van der Waals surface area contributed by atoms with E-state index in [-0.39, 0.29) is 17.3 Å². The van der Waals surface area contributed by atoms with Crippen molar-refractivity contribution in [3.8, 4) is 17.5 Å². The fourth-order valence-electron chi connectivity index (χ4n) is 3.74. The van der Waals surface area contributed by atoms with Crippen LogP contribution in [0.25, 0.3) is 6.08 Å². The molecule has 0 radical (unpaired) electrons. The van der Waals surface area contributed by atoms with Gasteiger partial charge in [-0.2, -0.15) is 0 Å². The third-order valence-electron chi connectivity index (χ3n) is 5.58. The molecule has 1 aromatic carbocycles. The van der Waals surface area contributed by atoms with Crippen molar-refractivity contribution < 1.29 is 19.1 Å². The Morgan fingerprint density at radius 3 is 2.43 bits per heavy atom. The molecule has 0 spiro atoms. The van der Waals surface area contributed by atoms with Gasteiger partial charge in [-0.15, -0.1) is 0 Å². The first-order valence-electron chi connectivity index (χ1n) is 11.1. The number of carbonyl (C=O) groups excluding carboxylic acids is 2. The van der Waals surface area contributed by atoms with Gasteiger partial charge in [0.2, 0.25) is 17.7 Å². The second kappa shape index (κ2) is 10.1. The maximum atomic E-state index is 11.7. The lowest BCUT2D eigenvalue weighted by atomic mass is 10.1. The van der Waals surface area contributed by atoms with Crippen LogP contribution in [-0.4, -0.2) is 50.3 Å². The summed E-state index contributed by atoms with van der Waals surface area (Å²) in [6.07, 6.45) is 8.27. The van der Waals surface area contributed by atoms with Crippen LogP contribution < -0.4 is 19.7 Å². The van der Waals surface area contributed by atoms with E-state index >= 15 is 0 Å². The third kappa shape index (κ3) is 5.40. The molecule has 1 N–H and O–H groups in total. The summed E-state index contributed by atoms with van der Waals surface area (Å²) in [7, 11) is 0. The highest BCUT2D eigenvalue weighted by molar-refractivity contribution is 8.18. The molecule has 5 rings (SSSR count). The quantitative estimate of drug-likeness (QED) is 0.512. The first kappa shape index (κ1) is 22.8. The number of ether oxygens (including phenoxy) is 2. The van der Waals surface area contributed by atoms with Gasteiger partial charge < -0.3 is 14.4 Å². The van der Waals surface area contributed by atoms with Gasteiger partial charge >= 0.3 is 0 Å². The average Bonchev–Trinajstić information content (AvgIpc) is 3.20. The van der Waals surface area contributed by atoms with Crippen LogP contribution in [0, 0.1) is 6.92 Å². The Labute approximate surface area is 205 Å². The van der Waals surface area contributed by atoms with Crippen LogP contribution in [0.4, 0.5) is 10.7 Å². The number of hydrogen-bond donors (Lipinski definition) is 1. The Bertz CT molecular complexity index is 1260. The molecule has 0 unspecified atom stereocenters. The van der Waals surface area contributed by atoms with Crippen LogP contribution in [0.5, 0.6) is 17.5 Å². The van der Waals surface area contributed by atoms with E-state index in [1.807, 2.05) is 13.0 Å². The lowest BCUT2D eigenvalue weighted by molar-refractivity contribution is -0.115. The van der Waals surface area contributed by atoms with Crippen LogP contribution in [0.1, 0.15) is 24.0 Å². The number of benzene rings is 1. The van der Waals surface area contributed by atoms with E-state index in [0.717, 1.165) is 49.2 Å². The van der Waals surface area contributed by atoms with Crippen molar-refractivity contribution in [2.75, 3.05) is 18.0 Å². The Kier molecular flexibility index (Phi) is 6.57. The number of rotatable bonds is 6. The first-order valence-corrected chi connectivity index (χ1v) is 11.9. The fraction of sp³-hybridized carbons (Fsp3) is 0.250. The zero-order valence-electron chi connectivity index (χ0n) is 18.9. The first-order chi connectivity index (χ1) is 17.0. The average molecular weight is 491 g/mol. The van der Waals surface area contributed by atoms with Crippen LogP contribution in [0.2, 0.25) is 0 Å². The summed E-state index contributed by atoms with van der Waals surface area (Å²) in [5.41, 5.74) is 1.49. The molecule has 2 saturated heterocycles. The molecule has 11 heteroatoms. The molecule has 2 aliphatic rings. The Balaban J connectivity index is 1.21. The summed E-state index contributed by atoms with van der Waals surface area (Å²) in [5, 5.41) is 1.87. The van der Waals surface area contributed by atoms with Crippen molar-refractivity contribution in [1.29, 1.82) is 0 Å². The standard InChI is InChI=1S/C24H22N6O4S/c1-15-21(33-17-5-3-16(4-6-17)13-19-20(31)29-24(32)35-19)27-14-28-22(15)34-18-7-11-30(12-8-18)23-25-9-2-10-26-23/h2-6,9-10,13-14,18H,7-8,11-12H2,1H3,(H,29,31,32)/b19-13-. The number of thioether (sulfide) groups is 1. The SMILES string of the molecule is Cc1c(Oc2ccc(/C=C3\SC(=O)NC3=O)cc2)ncnc1OC1CCN(c2ncccn2)CC1. The molecule has 4 heterocycles. The second-order valence-corrected chi connectivity index (χ2v) is 9.00. The molecule has 2 amide bonds. The monoisotopic (exact) mass is 490 g/mol. The van der Waals surface area contributed by atoms with Crippen molar-refractivity contribution in [1.82, 2.24) is 25.3 Å². The van der Waals surface area contributed by atoms with Crippen LogP contribution in [0.15, 0.2) is 54.0 Å². The number of amides is 2. The lowest BCUT2D eigenvalue weighted by Crippen LogP contribution is -2.39. The molecule has 0 saturated carbocycles. The van der Waals surface area contributed by atoms with E-state index < -0.39 is 0 Å². The van der Waals surface area contributed by atoms with Gasteiger partial charge in [-0.25, -0.2) is 19.9 Å². The van der Waals surface area contributed by atoms with E-state index in [4.69, 9.17) is 9.47 Å². The van der Waals surface area contributed by atoms with Crippen molar-refractivity contribution >= 4 is 34.9 Å². The molecule has 35 heavy (non-hydrogen) atoms. The third-order valence-corrected chi connectivity index (χ3v) is 6.39. The molecule has 10 nitrogen and oxygen atoms in total. The van der Waals surface area contributed by atoms with Gasteiger partial charge in [0.05, 0.1) is 10.5 Å². The zero-order valence-corrected chi connectivity index (χ0v) is 19.7. The molecular formula is C24H22N6O4S. The molecule has 3 aromatic rings. The van der Waals surface area contributed by atoms with Crippen LogP contribution >= 0.6 is 11.8 Å². The Hall–Kier alpha value is -3.99. The predicted molar refractivity (Wildman–Crippen MR) is 130 cm³/mol. The van der Waals surface area contributed by atoms with Gasteiger partial charge in [0.15, 0.2) is 0 Å². The van der Waals surface area contributed by atoms with Crippen molar-refractivity contribution in [2.24, 2.45) is 0 Å². The van der Waals surface area contributed by atoms with Gasteiger partial charge in [0, 0.05) is 38.3 Å². The smallest absolute Gasteiger partial charge is 0.290 e. The van der Waals surface area contributed by atoms with E-state index in [1.165, 1.54) is 6.33 Å². The minimum atomic E-state index is -0.386.